The van der Waals surface area contributed by atoms with E-state index in [0.717, 1.165) is 68.1 Å². The van der Waals surface area contributed by atoms with Crippen LogP contribution in [-0.4, -0.2) is 184 Å². The van der Waals surface area contributed by atoms with E-state index in [0.29, 0.717) is 39.1 Å². The first-order chi connectivity index (χ1) is 44.1. The number of nitrogens with one attached hydrogen (secondary N) is 5. The second-order valence-electron chi connectivity index (χ2n) is 23.8. The van der Waals surface area contributed by atoms with Crippen molar-refractivity contribution in [3.63, 3.8) is 0 Å². The van der Waals surface area contributed by atoms with Gasteiger partial charge in [0.15, 0.2) is 5.78 Å². The van der Waals surface area contributed by atoms with E-state index in [4.69, 9.17) is 24.1 Å². The summed E-state index contributed by atoms with van der Waals surface area (Å²) < 4.78 is 23.9. The van der Waals surface area contributed by atoms with Crippen molar-refractivity contribution in [1.82, 2.24) is 50.9 Å². The number of anilines is 1. The molecule has 0 unspecified atom stereocenters. The second-order valence-corrected chi connectivity index (χ2v) is 24.6. The third-order valence-electron chi connectivity index (χ3n) is 15.7. The minimum absolute atomic E-state index is 0.0524. The zero-order chi connectivity index (χ0) is 66.8. The molecule has 1 saturated heterocycles. The lowest BCUT2D eigenvalue weighted by Crippen LogP contribution is -2.45. The molecule has 506 valence electrons. The Balaban J connectivity index is 0.891. The van der Waals surface area contributed by atoms with Gasteiger partial charge < -0.3 is 60.6 Å². The van der Waals surface area contributed by atoms with Crippen molar-refractivity contribution in [2.75, 3.05) is 84.4 Å². The number of nitrogens with zero attached hydrogens (tertiary/aromatic N) is 6. The summed E-state index contributed by atoms with van der Waals surface area (Å²) in [5, 5.41) is 37.2. The number of aryl methyl sites for hydroxylation is 3. The number of fused-ring (bicyclic) bond motifs is 1. The van der Waals surface area contributed by atoms with E-state index in [-0.39, 0.29) is 147 Å². The smallest absolute Gasteiger partial charge is 0.326 e. The molecule has 0 saturated carbocycles. The number of benzene rings is 1. The number of halogens is 1. The Morgan fingerprint density at radius 2 is 1.22 bits per heavy atom. The lowest BCUT2D eigenvalue weighted by molar-refractivity contribution is -0.142. The van der Waals surface area contributed by atoms with E-state index >= 15 is 0 Å². The van der Waals surface area contributed by atoms with Crippen LogP contribution in [0.15, 0.2) is 41.3 Å². The number of ether oxygens (including phenoxy) is 4. The van der Waals surface area contributed by atoms with Crippen molar-refractivity contribution >= 4 is 85.8 Å². The van der Waals surface area contributed by atoms with Gasteiger partial charge >= 0.3 is 11.9 Å². The third-order valence-corrected chi connectivity index (χ3v) is 16.1. The van der Waals surface area contributed by atoms with Gasteiger partial charge in [0.25, 0.3) is 0 Å². The standard InChI is InChI=1S/C65H94BrN11O15/c1-44-22-24-53(66)73-62(44)74-63(86)52-36-65(5,43-76(52)58(83)39-77-61-45(2)34-48(49-37-69-47(4)70-38-49)35-50(61)60(75-77)46(3)78)42-71-57(82)41-92-33-31-90-29-27-68-56(81)40-91-32-30-89-28-26-67-54(79)25-23-51(64(87)88)72-55(80)20-18-16-14-12-10-8-6-7-9-11-13-15-17-19-21-59(84)85/h22,24,34-35,37-38,51-52H,6-21,23,25-33,36,39-43H2,1-5H3,(H,67,79)(H,68,81)(H,71,82)(H,72,80)(H,84,85)(H,87,88)(H,73,74,86)/t51-,52-,65+/m0/s1. The Hall–Kier alpha value is -7.33. The van der Waals surface area contributed by atoms with Crippen LogP contribution < -0.4 is 26.6 Å². The fraction of sp³-hybridized carbons (Fsp3) is 0.615. The van der Waals surface area contributed by atoms with Crippen molar-refractivity contribution in [2.24, 2.45) is 5.41 Å². The van der Waals surface area contributed by atoms with Crippen LogP contribution in [0, 0.1) is 26.2 Å². The number of carboxylic acid groups (broad SMARTS) is 2. The molecule has 92 heavy (non-hydrogen) atoms. The minimum Gasteiger partial charge on any atom is -0.481 e. The van der Waals surface area contributed by atoms with Crippen LogP contribution in [0.25, 0.3) is 22.0 Å². The molecule has 0 aliphatic carbocycles. The van der Waals surface area contributed by atoms with Gasteiger partial charge in [0.1, 0.15) is 53.8 Å². The molecule has 0 radical (unpaired) electrons. The molecule has 26 nitrogen and oxygen atoms in total. The van der Waals surface area contributed by atoms with Gasteiger partial charge in [0.05, 0.1) is 45.2 Å². The number of rotatable bonds is 46. The average molecular weight is 1350 g/mol. The van der Waals surface area contributed by atoms with E-state index in [9.17, 15) is 48.3 Å². The Morgan fingerprint density at radius 1 is 0.663 bits per heavy atom. The number of Topliss-reactive ketones (excluding diaryl/α,β-unsaturated/α-hetero) is 1. The average Bonchev–Trinajstić information content (AvgIpc) is 1.74. The van der Waals surface area contributed by atoms with Gasteiger partial charge in [-0.2, -0.15) is 5.10 Å². The number of hydrogen-bond donors (Lipinski definition) is 7. The minimum atomic E-state index is -1.20. The Morgan fingerprint density at radius 3 is 1.79 bits per heavy atom. The van der Waals surface area contributed by atoms with Crippen molar-refractivity contribution in [1.29, 1.82) is 0 Å². The summed E-state index contributed by atoms with van der Waals surface area (Å²) in [6.07, 6.45) is 18.8. The van der Waals surface area contributed by atoms with Crippen LogP contribution in [0.1, 0.15) is 163 Å². The van der Waals surface area contributed by atoms with Crippen LogP contribution in [0.4, 0.5) is 5.82 Å². The molecular weight excluding hydrogens is 1250 g/mol. The predicted molar refractivity (Wildman–Crippen MR) is 346 cm³/mol. The molecule has 6 amide bonds. The monoisotopic (exact) mass is 1350 g/mol. The molecule has 7 N–H and O–H groups in total. The number of carbonyl (C=O) groups is 9. The van der Waals surface area contributed by atoms with Gasteiger partial charge in [-0.1, -0.05) is 90.0 Å². The summed E-state index contributed by atoms with van der Waals surface area (Å²) >= 11 is 3.36. The van der Waals surface area contributed by atoms with Gasteiger partial charge in [0, 0.05) is 81.1 Å². The number of aliphatic carboxylic acids is 2. The van der Waals surface area contributed by atoms with Gasteiger partial charge in [-0.3, -0.25) is 43.0 Å². The van der Waals surface area contributed by atoms with E-state index < -0.39 is 47.2 Å². The summed E-state index contributed by atoms with van der Waals surface area (Å²) in [5.41, 5.74) is 3.06. The third kappa shape index (κ3) is 27.5. The van der Waals surface area contributed by atoms with Crippen LogP contribution in [0.3, 0.4) is 0 Å². The number of unbranched alkanes of at least 4 members (excludes halogenated alkanes) is 13. The summed E-state index contributed by atoms with van der Waals surface area (Å²) in [5.74, 6) is -3.64. The molecule has 3 aromatic heterocycles. The summed E-state index contributed by atoms with van der Waals surface area (Å²) in [4.78, 5) is 129. The molecule has 4 heterocycles. The molecule has 27 heteroatoms. The number of likely N-dealkylation sites (tertiary alicyclic amines) is 1. The quantitative estimate of drug-likeness (QED) is 0.0131. The normalized spacial score (nSPS) is 14.8. The first-order valence-corrected chi connectivity index (χ1v) is 32.8. The Bertz CT molecular complexity index is 3070. The molecule has 5 rings (SSSR count). The highest BCUT2D eigenvalue weighted by Gasteiger charge is 2.46. The van der Waals surface area contributed by atoms with Crippen LogP contribution in [-0.2, 0) is 63.8 Å². The largest absolute Gasteiger partial charge is 0.481 e. The van der Waals surface area contributed by atoms with Crippen molar-refractivity contribution in [3.05, 3.63) is 63.9 Å². The van der Waals surface area contributed by atoms with Gasteiger partial charge in [0.2, 0.25) is 35.4 Å². The molecule has 1 fully saturated rings. The Labute approximate surface area is 546 Å². The highest BCUT2D eigenvalue weighted by atomic mass is 79.9. The van der Waals surface area contributed by atoms with Crippen molar-refractivity contribution in [3.8, 4) is 11.1 Å². The van der Waals surface area contributed by atoms with Gasteiger partial charge in [-0.05, 0) is 97.3 Å². The second kappa shape index (κ2) is 40.6. The number of amides is 6. The lowest BCUT2D eigenvalue weighted by Gasteiger charge is -2.26. The van der Waals surface area contributed by atoms with Crippen LogP contribution in [0.5, 0.6) is 0 Å². The molecule has 1 aliphatic heterocycles. The van der Waals surface area contributed by atoms with E-state index in [1.807, 2.05) is 26.0 Å². The number of pyridine rings is 1. The van der Waals surface area contributed by atoms with Crippen molar-refractivity contribution < 1.29 is 72.3 Å². The van der Waals surface area contributed by atoms with Gasteiger partial charge in [-0.25, -0.2) is 19.7 Å². The predicted octanol–water partition coefficient (Wildman–Crippen LogP) is 7.12. The fourth-order valence-corrected chi connectivity index (χ4v) is 11.0. The zero-order valence-electron chi connectivity index (χ0n) is 54.0. The number of carbonyl (C=O) groups excluding carboxylic acids is 7. The maximum Gasteiger partial charge on any atom is 0.326 e. The maximum atomic E-state index is 14.5. The fourth-order valence-electron chi connectivity index (χ4n) is 10.7. The summed E-state index contributed by atoms with van der Waals surface area (Å²) in [6.45, 7) is 9.45. The summed E-state index contributed by atoms with van der Waals surface area (Å²) in [6, 6.07) is 5.20. The zero-order valence-corrected chi connectivity index (χ0v) is 55.6. The lowest BCUT2D eigenvalue weighted by atomic mass is 9.87. The highest BCUT2D eigenvalue weighted by molar-refractivity contribution is 9.10. The SMILES string of the molecule is CC(=O)c1nn(CC(=O)N2C[C@@](C)(CNC(=O)COCCOCCNC(=O)COCCOCCNC(=O)CC[C@H](NC(=O)CCCCCCCCCCCCCCCCC(=O)O)C(=O)O)C[C@H]2C(=O)Nc2nc(Br)ccc2C)c2c(C)cc(-c3cnc(C)nc3)cc12. The summed E-state index contributed by atoms with van der Waals surface area (Å²) in [7, 11) is 0. The number of ketones is 1. The van der Waals surface area contributed by atoms with Crippen LogP contribution in [0.2, 0.25) is 0 Å². The van der Waals surface area contributed by atoms with Crippen molar-refractivity contribution in [2.45, 2.75) is 175 Å². The number of hydrogen-bond acceptors (Lipinski definition) is 17. The topological polar surface area (TPSA) is 351 Å². The van der Waals surface area contributed by atoms with E-state index in [1.54, 1.807) is 38.4 Å². The molecule has 1 aliphatic rings. The first-order valence-electron chi connectivity index (χ1n) is 32.0. The molecule has 3 atom stereocenters. The molecular formula is C65H94BrN11O15. The first kappa shape index (κ1) is 75.4. The molecule has 0 spiro atoms. The molecule has 0 bridgehead atoms. The van der Waals surface area contributed by atoms with E-state index in [1.165, 1.54) is 48.6 Å². The number of aromatic nitrogens is 5. The highest BCUT2D eigenvalue weighted by Crippen LogP contribution is 2.36. The molecule has 1 aromatic carbocycles. The van der Waals surface area contributed by atoms with Gasteiger partial charge in [-0.15, -0.1) is 0 Å². The maximum absolute atomic E-state index is 14.5. The van der Waals surface area contributed by atoms with E-state index in [2.05, 4.69) is 62.6 Å². The Kier molecular flexibility index (Phi) is 33.3. The number of carboxylic acids is 2. The molecule has 4 aromatic rings. The van der Waals surface area contributed by atoms with Crippen LogP contribution >= 0.6 is 15.9 Å².